The summed E-state index contributed by atoms with van der Waals surface area (Å²) in [6.07, 6.45) is -1.19. The van der Waals surface area contributed by atoms with E-state index < -0.39 is 17.6 Å². The van der Waals surface area contributed by atoms with E-state index in [9.17, 15) is 27.6 Å². The summed E-state index contributed by atoms with van der Waals surface area (Å²) in [5.41, 5.74) is 2.07. The summed E-state index contributed by atoms with van der Waals surface area (Å²) in [6, 6.07) is 17.5. The summed E-state index contributed by atoms with van der Waals surface area (Å²) >= 11 is 0. The number of aromatic amines is 1. The first-order chi connectivity index (χ1) is 24.5. The molecule has 2 aliphatic heterocycles. The highest BCUT2D eigenvalue weighted by molar-refractivity contribution is 6.35. The molecule has 1 saturated heterocycles. The summed E-state index contributed by atoms with van der Waals surface area (Å²) in [4.78, 5) is 48.7. The van der Waals surface area contributed by atoms with Crippen LogP contribution in [-0.4, -0.2) is 89.8 Å². The van der Waals surface area contributed by atoms with Gasteiger partial charge in [0.2, 0.25) is 0 Å². The van der Waals surface area contributed by atoms with Crippen molar-refractivity contribution in [3.63, 3.8) is 0 Å². The number of likely N-dealkylation sites (N-methyl/N-ethyl adjacent to an activating group) is 1. The SMILES string of the molecule is CCN(CC)CCN1CCN(C(=O)c2c[nH]c(C=C3C(=O)Nc4cc(Oc5cccc(NC(=O)c6cccc(C(F)(F)F)c6)c5)ccc43)c2)CC1. The minimum absolute atomic E-state index is 0.0448. The van der Waals surface area contributed by atoms with Crippen LogP contribution in [-0.2, 0) is 11.0 Å². The number of fused-ring (bicyclic) bond motifs is 1. The molecule has 0 bridgehead atoms. The highest BCUT2D eigenvalue weighted by atomic mass is 19.4. The zero-order chi connectivity index (χ0) is 36.1. The molecule has 3 heterocycles. The molecular weight excluding hydrogens is 661 g/mol. The summed E-state index contributed by atoms with van der Waals surface area (Å²) in [5, 5.41) is 5.45. The number of aromatic nitrogens is 1. The number of carbonyl (C=O) groups is 3. The second kappa shape index (κ2) is 15.2. The fraction of sp³-hybridized carbons (Fsp3) is 0.289. The first kappa shape index (κ1) is 35.4. The molecule has 13 heteroatoms. The van der Waals surface area contributed by atoms with Crippen LogP contribution < -0.4 is 15.4 Å². The maximum absolute atomic E-state index is 13.3. The van der Waals surface area contributed by atoms with E-state index >= 15 is 0 Å². The molecule has 3 amide bonds. The molecule has 51 heavy (non-hydrogen) atoms. The Kier molecular flexibility index (Phi) is 10.6. The van der Waals surface area contributed by atoms with Crippen LogP contribution in [0.1, 0.15) is 51.4 Å². The van der Waals surface area contributed by atoms with E-state index in [1.807, 2.05) is 4.90 Å². The number of anilines is 2. The Morgan fingerprint density at radius 1 is 0.922 bits per heavy atom. The van der Waals surface area contributed by atoms with Crippen molar-refractivity contribution in [3.05, 3.63) is 107 Å². The lowest BCUT2D eigenvalue weighted by molar-refractivity contribution is -0.137. The van der Waals surface area contributed by atoms with E-state index in [1.54, 1.807) is 60.8 Å². The van der Waals surface area contributed by atoms with E-state index in [4.69, 9.17) is 4.74 Å². The van der Waals surface area contributed by atoms with Crippen LogP contribution in [0.4, 0.5) is 24.5 Å². The third-order valence-electron chi connectivity index (χ3n) is 9.09. The summed E-state index contributed by atoms with van der Waals surface area (Å²) < 4.78 is 45.3. The molecule has 0 unspecified atom stereocenters. The molecule has 6 rings (SSSR count). The molecule has 1 aromatic heterocycles. The first-order valence-corrected chi connectivity index (χ1v) is 16.9. The van der Waals surface area contributed by atoms with Crippen LogP contribution in [0.3, 0.4) is 0 Å². The number of alkyl halides is 3. The topological polar surface area (TPSA) is 110 Å². The van der Waals surface area contributed by atoms with E-state index in [0.717, 1.165) is 51.4 Å². The van der Waals surface area contributed by atoms with E-state index in [2.05, 4.69) is 39.3 Å². The average molecular weight is 701 g/mol. The van der Waals surface area contributed by atoms with Gasteiger partial charge in [-0.1, -0.05) is 26.0 Å². The Balaban J connectivity index is 1.07. The molecule has 10 nitrogen and oxygen atoms in total. The lowest BCUT2D eigenvalue weighted by Gasteiger charge is -2.35. The minimum Gasteiger partial charge on any atom is -0.457 e. The molecule has 3 N–H and O–H groups in total. The van der Waals surface area contributed by atoms with Crippen molar-refractivity contribution in [2.75, 3.05) is 63.0 Å². The van der Waals surface area contributed by atoms with Gasteiger partial charge in [0.05, 0.1) is 22.4 Å². The highest BCUT2D eigenvalue weighted by Gasteiger charge is 2.31. The van der Waals surface area contributed by atoms with E-state index in [1.165, 1.54) is 12.1 Å². The van der Waals surface area contributed by atoms with Crippen molar-refractivity contribution in [1.82, 2.24) is 19.7 Å². The Labute approximate surface area is 293 Å². The maximum Gasteiger partial charge on any atom is 0.416 e. The molecule has 4 aromatic rings. The monoisotopic (exact) mass is 700 g/mol. The van der Waals surface area contributed by atoms with Gasteiger partial charge < -0.3 is 30.2 Å². The number of H-pyrrole nitrogens is 1. The maximum atomic E-state index is 13.3. The number of nitrogens with one attached hydrogen (secondary N) is 3. The molecule has 0 aliphatic carbocycles. The van der Waals surface area contributed by atoms with Crippen LogP contribution in [0.5, 0.6) is 11.5 Å². The average Bonchev–Trinajstić information content (AvgIpc) is 3.72. The number of benzene rings is 3. The van der Waals surface area contributed by atoms with Crippen LogP contribution in [0.25, 0.3) is 11.6 Å². The Bertz CT molecular complexity index is 1940. The zero-order valence-electron chi connectivity index (χ0n) is 28.3. The second-order valence-electron chi connectivity index (χ2n) is 12.4. The van der Waals surface area contributed by atoms with E-state index in [-0.39, 0.29) is 17.4 Å². The van der Waals surface area contributed by atoms with Gasteiger partial charge in [-0.15, -0.1) is 0 Å². The fourth-order valence-electron chi connectivity index (χ4n) is 6.15. The highest BCUT2D eigenvalue weighted by Crippen LogP contribution is 2.37. The Morgan fingerprint density at radius 3 is 2.41 bits per heavy atom. The number of carbonyl (C=O) groups excluding carboxylic acids is 3. The van der Waals surface area contributed by atoms with Gasteiger partial charge in [0, 0.05) is 80.1 Å². The lowest BCUT2D eigenvalue weighted by atomic mass is 10.1. The molecule has 0 atom stereocenters. The molecule has 3 aromatic carbocycles. The van der Waals surface area contributed by atoms with Gasteiger partial charge in [0.1, 0.15) is 11.5 Å². The van der Waals surface area contributed by atoms with Gasteiger partial charge in [-0.3, -0.25) is 19.3 Å². The molecule has 1 fully saturated rings. The van der Waals surface area contributed by atoms with Crippen molar-refractivity contribution >= 4 is 40.7 Å². The van der Waals surface area contributed by atoms with E-state index in [0.29, 0.717) is 58.4 Å². The quantitative estimate of drug-likeness (QED) is 0.151. The summed E-state index contributed by atoms with van der Waals surface area (Å²) in [6.45, 7) is 11.4. The summed E-state index contributed by atoms with van der Waals surface area (Å²) in [5.74, 6) is -0.267. The number of hydrogen-bond donors (Lipinski definition) is 3. The number of nitrogens with zero attached hydrogens (tertiary/aromatic N) is 3. The molecule has 0 radical (unpaired) electrons. The predicted molar refractivity (Wildman–Crippen MR) is 190 cm³/mol. The van der Waals surface area contributed by atoms with Gasteiger partial charge in [0.15, 0.2) is 0 Å². The van der Waals surface area contributed by atoms with Crippen molar-refractivity contribution in [2.24, 2.45) is 0 Å². The lowest BCUT2D eigenvalue weighted by Crippen LogP contribution is -2.50. The Hall–Kier alpha value is -5.40. The number of amides is 3. The minimum atomic E-state index is -4.57. The number of piperazine rings is 1. The van der Waals surface area contributed by atoms with Crippen LogP contribution >= 0.6 is 0 Å². The largest absolute Gasteiger partial charge is 0.457 e. The van der Waals surface area contributed by atoms with Crippen molar-refractivity contribution in [2.45, 2.75) is 20.0 Å². The van der Waals surface area contributed by atoms with Crippen LogP contribution in [0, 0.1) is 0 Å². The molecular formula is C38H39F3N6O4. The van der Waals surface area contributed by atoms with Gasteiger partial charge >= 0.3 is 6.18 Å². The molecule has 0 spiro atoms. The zero-order valence-corrected chi connectivity index (χ0v) is 28.3. The van der Waals surface area contributed by atoms with Gasteiger partial charge in [-0.2, -0.15) is 13.2 Å². The van der Waals surface area contributed by atoms with Gasteiger partial charge in [0.25, 0.3) is 17.7 Å². The van der Waals surface area contributed by atoms with Crippen LogP contribution in [0.2, 0.25) is 0 Å². The second-order valence-corrected chi connectivity index (χ2v) is 12.4. The molecule has 2 aliphatic rings. The number of hydrogen-bond acceptors (Lipinski definition) is 6. The fourth-order valence-corrected chi connectivity index (χ4v) is 6.15. The first-order valence-electron chi connectivity index (χ1n) is 16.9. The van der Waals surface area contributed by atoms with Crippen molar-refractivity contribution < 1.29 is 32.3 Å². The normalized spacial score (nSPS) is 15.6. The number of halogens is 3. The van der Waals surface area contributed by atoms with Gasteiger partial charge in [-0.05, 0) is 67.7 Å². The summed E-state index contributed by atoms with van der Waals surface area (Å²) in [7, 11) is 0. The van der Waals surface area contributed by atoms with Gasteiger partial charge in [-0.25, -0.2) is 0 Å². The van der Waals surface area contributed by atoms with Crippen molar-refractivity contribution in [1.29, 1.82) is 0 Å². The third-order valence-corrected chi connectivity index (χ3v) is 9.09. The third kappa shape index (κ3) is 8.50. The predicted octanol–water partition coefficient (Wildman–Crippen LogP) is 6.67. The number of rotatable bonds is 11. The van der Waals surface area contributed by atoms with Crippen LogP contribution in [0.15, 0.2) is 79.0 Å². The molecule has 0 saturated carbocycles. The molecule has 266 valence electrons. The smallest absolute Gasteiger partial charge is 0.416 e. The standard InChI is InChI=1S/C38H39F3N6O4/c1-3-45(4-2)13-14-46-15-17-47(18-16-46)37(50)26-20-29(42-24-26)22-33-32-12-11-31(23-34(32)44-36(33)49)51-30-10-6-9-28(21-30)43-35(48)25-7-5-8-27(19-25)38(39,40)41/h5-12,19-24,42H,3-4,13-18H2,1-2H3,(H,43,48)(H,44,49). The van der Waals surface area contributed by atoms with Crippen molar-refractivity contribution in [3.8, 4) is 11.5 Å². The Morgan fingerprint density at radius 2 is 1.67 bits per heavy atom. The number of ether oxygens (including phenoxy) is 1.